The van der Waals surface area contributed by atoms with Gasteiger partial charge >= 0.3 is 0 Å². The van der Waals surface area contributed by atoms with Gasteiger partial charge in [0.25, 0.3) is 5.91 Å². The largest absolute Gasteiger partial charge is 0.508 e. The molecule has 144 valence electrons. The molecule has 0 spiro atoms. The highest BCUT2D eigenvalue weighted by Crippen LogP contribution is 2.20. The van der Waals surface area contributed by atoms with Gasteiger partial charge in [-0.15, -0.1) is 0 Å². The number of benzene rings is 2. The zero-order chi connectivity index (χ0) is 19.7. The molecule has 2 aromatic rings. The number of carbonyl (C=O) groups is 3. The number of phenols is 1. The SMILES string of the molecule is O=C1N[C@H](Cc2ccc(O)cc2)C(=O)N2CCN(C(=O)c3ccccc3)C[C@H]12. The van der Waals surface area contributed by atoms with E-state index in [0.717, 1.165) is 5.56 Å². The molecule has 0 saturated carbocycles. The summed E-state index contributed by atoms with van der Waals surface area (Å²) in [5.74, 6) is -0.354. The van der Waals surface area contributed by atoms with E-state index in [1.807, 2.05) is 6.07 Å². The molecule has 2 saturated heterocycles. The van der Waals surface area contributed by atoms with Crippen molar-refractivity contribution in [2.24, 2.45) is 0 Å². The van der Waals surface area contributed by atoms with Crippen molar-refractivity contribution in [3.05, 3.63) is 65.7 Å². The van der Waals surface area contributed by atoms with Crippen LogP contribution in [0.4, 0.5) is 0 Å². The summed E-state index contributed by atoms with van der Waals surface area (Å²) in [5.41, 5.74) is 1.43. The van der Waals surface area contributed by atoms with Gasteiger partial charge in [0.05, 0.1) is 6.54 Å². The Morgan fingerprint density at radius 2 is 1.75 bits per heavy atom. The number of phenolic OH excluding ortho intramolecular Hbond substituents is 1. The number of rotatable bonds is 3. The van der Waals surface area contributed by atoms with Gasteiger partial charge in [-0.3, -0.25) is 14.4 Å². The Hall–Kier alpha value is -3.35. The average molecular weight is 379 g/mol. The number of nitrogens with zero attached hydrogens (tertiary/aromatic N) is 2. The third-order valence-corrected chi connectivity index (χ3v) is 5.26. The Bertz CT molecular complexity index is 898. The molecule has 2 aromatic carbocycles. The van der Waals surface area contributed by atoms with E-state index in [2.05, 4.69) is 5.32 Å². The van der Waals surface area contributed by atoms with E-state index in [-0.39, 0.29) is 30.0 Å². The summed E-state index contributed by atoms with van der Waals surface area (Å²) in [6.45, 7) is 0.925. The van der Waals surface area contributed by atoms with E-state index in [4.69, 9.17) is 0 Å². The molecule has 4 rings (SSSR count). The average Bonchev–Trinajstić information content (AvgIpc) is 2.73. The smallest absolute Gasteiger partial charge is 0.253 e. The maximum atomic E-state index is 12.9. The molecule has 0 unspecified atom stereocenters. The highest BCUT2D eigenvalue weighted by Gasteiger charge is 2.44. The lowest BCUT2D eigenvalue weighted by atomic mass is 9.98. The first-order valence-corrected chi connectivity index (χ1v) is 9.26. The van der Waals surface area contributed by atoms with E-state index in [1.165, 1.54) is 0 Å². The molecule has 2 atom stereocenters. The molecule has 3 amide bonds. The zero-order valence-corrected chi connectivity index (χ0v) is 15.2. The number of fused-ring (bicyclic) bond motifs is 1. The van der Waals surface area contributed by atoms with Crippen molar-refractivity contribution in [3.8, 4) is 5.75 Å². The van der Waals surface area contributed by atoms with Gasteiger partial charge < -0.3 is 20.2 Å². The molecule has 7 nitrogen and oxygen atoms in total. The first-order valence-electron chi connectivity index (χ1n) is 9.26. The van der Waals surface area contributed by atoms with Crippen LogP contribution in [0.15, 0.2) is 54.6 Å². The first kappa shape index (κ1) is 18.0. The van der Waals surface area contributed by atoms with E-state index in [9.17, 15) is 19.5 Å². The normalized spacial score (nSPS) is 21.9. The first-order chi connectivity index (χ1) is 13.5. The fourth-order valence-corrected chi connectivity index (χ4v) is 3.75. The second-order valence-corrected chi connectivity index (χ2v) is 7.10. The molecule has 0 aliphatic carbocycles. The quantitative estimate of drug-likeness (QED) is 0.825. The zero-order valence-electron chi connectivity index (χ0n) is 15.2. The van der Waals surface area contributed by atoms with Crippen molar-refractivity contribution < 1.29 is 19.5 Å². The molecule has 0 radical (unpaired) electrons. The summed E-state index contributed by atoms with van der Waals surface area (Å²) in [7, 11) is 0. The van der Waals surface area contributed by atoms with Crippen LogP contribution in [0.3, 0.4) is 0 Å². The predicted molar refractivity (Wildman–Crippen MR) is 102 cm³/mol. The van der Waals surface area contributed by atoms with Crippen molar-refractivity contribution in [1.29, 1.82) is 0 Å². The second-order valence-electron chi connectivity index (χ2n) is 7.10. The third kappa shape index (κ3) is 3.43. The van der Waals surface area contributed by atoms with E-state index in [1.54, 1.807) is 58.3 Å². The molecule has 2 heterocycles. The third-order valence-electron chi connectivity index (χ3n) is 5.26. The Kier molecular flexibility index (Phi) is 4.73. The molecular formula is C21H21N3O4. The lowest BCUT2D eigenvalue weighted by molar-refractivity contribution is -0.152. The van der Waals surface area contributed by atoms with Crippen molar-refractivity contribution in [3.63, 3.8) is 0 Å². The molecule has 28 heavy (non-hydrogen) atoms. The van der Waals surface area contributed by atoms with Crippen LogP contribution in [-0.2, 0) is 16.0 Å². The Balaban J connectivity index is 1.45. The van der Waals surface area contributed by atoms with Crippen LogP contribution in [-0.4, -0.2) is 64.3 Å². The molecule has 2 aliphatic rings. The van der Waals surface area contributed by atoms with Gasteiger partial charge in [0.1, 0.15) is 17.8 Å². The molecular weight excluding hydrogens is 358 g/mol. The molecule has 0 aromatic heterocycles. The van der Waals surface area contributed by atoms with Crippen LogP contribution in [0, 0.1) is 0 Å². The van der Waals surface area contributed by atoms with Gasteiger partial charge in [-0.2, -0.15) is 0 Å². The molecule has 7 heteroatoms. The maximum Gasteiger partial charge on any atom is 0.253 e. The molecule has 0 bridgehead atoms. The van der Waals surface area contributed by atoms with Crippen LogP contribution in [0.1, 0.15) is 15.9 Å². The van der Waals surface area contributed by atoms with Crippen LogP contribution >= 0.6 is 0 Å². The Morgan fingerprint density at radius 3 is 2.46 bits per heavy atom. The topological polar surface area (TPSA) is 89.9 Å². The summed E-state index contributed by atoms with van der Waals surface area (Å²) in [4.78, 5) is 41.4. The van der Waals surface area contributed by atoms with Crippen molar-refractivity contribution in [2.45, 2.75) is 18.5 Å². The summed E-state index contributed by atoms with van der Waals surface area (Å²) in [5, 5.41) is 12.2. The monoisotopic (exact) mass is 379 g/mol. The lowest BCUT2D eigenvalue weighted by Crippen LogP contribution is -2.70. The summed E-state index contributed by atoms with van der Waals surface area (Å²) in [6.07, 6.45) is 0.362. The van der Waals surface area contributed by atoms with E-state index in [0.29, 0.717) is 25.1 Å². The number of aromatic hydroxyl groups is 1. The van der Waals surface area contributed by atoms with E-state index >= 15 is 0 Å². The summed E-state index contributed by atoms with van der Waals surface area (Å²) >= 11 is 0. The van der Waals surface area contributed by atoms with Gasteiger partial charge in [-0.25, -0.2) is 0 Å². The number of carbonyl (C=O) groups excluding carboxylic acids is 3. The highest BCUT2D eigenvalue weighted by atomic mass is 16.3. The highest BCUT2D eigenvalue weighted by molar-refractivity contribution is 5.99. The standard InChI is InChI=1S/C21H21N3O4/c25-16-8-6-14(7-9-16)12-17-21(28)24-11-10-23(13-18(24)19(26)22-17)20(27)15-4-2-1-3-5-15/h1-9,17-18,25H,10-13H2,(H,22,26)/t17-,18-/m1/s1. The Labute approximate surface area is 162 Å². The number of piperazine rings is 2. The molecule has 2 aliphatic heterocycles. The van der Waals surface area contributed by atoms with Crippen LogP contribution in [0.2, 0.25) is 0 Å². The van der Waals surface area contributed by atoms with Gasteiger partial charge in [0.15, 0.2) is 0 Å². The second kappa shape index (κ2) is 7.34. The Morgan fingerprint density at radius 1 is 1.04 bits per heavy atom. The molecule has 2 fully saturated rings. The maximum absolute atomic E-state index is 12.9. The van der Waals surface area contributed by atoms with Crippen LogP contribution < -0.4 is 5.32 Å². The summed E-state index contributed by atoms with van der Waals surface area (Å²) < 4.78 is 0. The minimum Gasteiger partial charge on any atom is -0.508 e. The lowest BCUT2D eigenvalue weighted by Gasteiger charge is -2.45. The van der Waals surface area contributed by atoms with Gasteiger partial charge in [-0.1, -0.05) is 30.3 Å². The van der Waals surface area contributed by atoms with Gasteiger partial charge in [0, 0.05) is 25.1 Å². The summed E-state index contributed by atoms with van der Waals surface area (Å²) in [6, 6.07) is 14.2. The van der Waals surface area contributed by atoms with Crippen molar-refractivity contribution in [2.75, 3.05) is 19.6 Å². The number of hydrogen-bond acceptors (Lipinski definition) is 4. The van der Waals surface area contributed by atoms with Gasteiger partial charge in [0.2, 0.25) is 11.8 Å². The minimum absolute atomic E-state index is 0.133. The van der Waals surface area contributed by atoms with Crippen molar-refractivity contribution >= 4 is 17.7 Å². The number of hydrogen-bond donors (Lipinski definition) is 2. The number of amides is 3. The predicted octanol–water partition coefficient (Wildman–Crippen LogP) is 0.786. The van der Waals surface area contributed by atoms with Crippen LogP contribution in [0.5, 0.6) is 5.75 Å². The van der Waals surface area contributed by atoms with Crippen molar-refractivity contribution in [1.82, 2.24) is 15.1 Å². The minimum atomic E-state index is -0.662. The fourth-order valence-electron chi connectivity index (χ4n) is 3.75. The fraction of sp³-hybridized carbons (Fsp3) is 0.286. The molecule has 2 N–H and O–H groups in total. The van der Waals surface area contributed by atoms with Gasteiger partial charge in [-0.05, 0) is 29.8 Å². The number of nitrogens with one attached hydrogen (secondary N) is 1. The van der Waals surface area contributed by atoms with E-state index < -0.39 is 12.1 Å². The van der Waals surface area contributed by atoms with Crippen LogP contribution in [0.25, 0.3) is 0 Å².